The van der Waals surface area contributed by atoms with E-state index in [2.05, 4.69) is 5.32 Å². The summed E-state index contributed by atoms with van der Waals surface area (Å²) in [5.74, 6) is -0.550. The summed E-state index contributed by atoms with van der Waals surface area (Å²) in [7, 11) is 0. The summed E-state index contributed by atoms with van der Waals surface area (Å²) in [4.78, 5) is 29.9. The number of anilines is 1. The number of rotatable bonds is 6. The number of primary amides is 1. The highest BCUT2D eigenvalue weighted by atomic mass is 35.5. The van der Waals surface area contributed by atoms with Crippen molar-refractivity contribution in [2.75, 3.05) is 11.1 Å². The number of nitrogens with zero attached hydrogens (tertiary/aromatic N) is 1. The number of fused-ring (bicyclic) bond motifs is 1. The third-order valence-electron chi connectivity index (χ3n) is 4.61. The SMILES string of the molecule is NC(=O)CSc1ccccc1NC(=O)c1cc(-c2ccc(Cl)cc2)nc2ccccc12. The quantitative estimate of drug-likeness (QED) is 0.388. The molecule has 0 aliphatic carbocycles. The van der Waals surface area contributed by atoms with Crippen molar-refractivity contribution in [3.8, 4) is 11.3 Å². The van der Waals surface area contributed by atoms with Gasteiger partial charge in [-0.15, -0.1) is 11.8 Å². The minimum Gasteiger partial charge on any atom is -0.369 e. The van der Waals surface area contributed by atoms with Gasteiger partial charge < -0.3 is 11.1 Å². The van der Waals surface area contributed by atoms with Crippen LogP contribution in [0.2, 0.25) is 5.02 Å². The number of amides is 2. The lowest BCUT2D eigenvalue weighted by Crippen LogP contribution is -2.15. The van der Waals surface area contributed by atoms with E-state index in [1.54, 1.807) is 24.3 Å². The number of benzene rings is 3. The van der Waals surface area contributed by atoms with Crippen molar-refractivity contribution in [1.29, 1.82) is 0 Å². The average Bonchev–Trinajstić information content (AvgIpc) is 2.78. The smallest absolute Gasteiger partial charge is 0.256 e. The van der Waals surface area contributed by atoms with E-state index in [0.717, 1.165) is 21.4 Å². The molecular weight excluding hydrogens is 430 g/mol. The molecule has 0 saturated carbocycles. The molecule has 0 aliphatic heterocycles. The minimum absolute atomic E-state index is 0.131. The Hall–Kier alpha value is -3.35. The van der Waals surface area contributed by atoms with Crippen LogP contribution < -0.4 is 11.1 Å². The first kappa shape index (κ1) is 20.9. The van der Waals surface area contributed by atoms with Gasteiger partial charge in [0.05, 0.1) is 28.2 Å². The largest absolute Gasteiger partial charge is 0.369 e. The van der Waals surface area contributed by atoms with Crippen LogP contribution in [0.1, 0.15) is 10.4 Å². The number of halogens is 1. The molecule has 31 heavy (non-hydrogen) atoms. The molecule has 4 aromatic rings. The summed E-state index contributed by atoms with van der Waals surface area (Å²) >= 11 is 7.29. The predicted octanol–water partition coefficient (Wildman–Crippen LogP) is 5.38. The van der Waals surface area contributed by atoms with Crippen LogP contribution >= 0.6 is 23.4 Å². The summed E-state index contributed by atoms with van der Waals surface area (Å²) in [6, 6.07) is 23.9. The standard InChI is InChI=1S/C24H18ClN3O2S/c25-16-11-9-15(10-12-16)21-13-18(17-5-1-2-6-19(17)27-21)24(30)28-20-7-3-4-8-22(20)31-14-23(26)29/h1-13H,14H2,(H2,26,29)(H,28,30). The maximum atomic E-state index is 13.3. The van der Waals surface area contributed by atoms with E-state index < -0.39 is 5.91 Å². The summed E-state index contributed by atoms with van der Waals surface area (Å²) in [6.07, 6.45) is 0. The first-order valence-corrected chi connectivity index (χ1v) is 10.8. The number of nitrogens with one attached hydrogen (secondary N) is 1. The van der Waals surface area contributed by atoms with Gasteiger partial charge in [-0.3, -0.25) is 9.59 Å². The van der Waals surface area contributed by atoms with E-state index in [-0.39, 0.29) is 11.7 Å². The Kier molecular flexibility index (Phi) is 6.21. The van der Waals surface area contributed by atoms with E-state index in [1.807, 2.05) is 54.6 Å². The molecule has 5 nitrogen and oxygen atoms in total. The highest BCUT2D eigenvalue weighted by Gasteiger charge is 2.16. The van der Waals surface area contributed by atoms with E-state index in [4.69, 9.17) is 22.3 Å². The molecule has 0 radical (unpaired) electrons. The molecule has 0 saturated heterocycles. The van der Waals surface area contributed by atoms with Crippen molar-refractivity contribution in [2.45, 2.75) is 4.90 Å². The average molecular weight is 448 g/mol. The maximum absolute atomic E-state index is 13.3. The number of carbonyl (C=O) groups excluding carboxylic acids is 2. The van der Waals surface area contributed by atoms with Crippen LogP contribution in [0.4, 0.5) is 5.69 Å². The summed E-state index contributed by atoms with van der Waals surface area (Å²) in [5.41, 5.74) is 8.65. The van der Waals surface area contributed by atoms with Crippen LogP contribution in [0.3, 0.4) is 0 Å². The first-order valence-electron chi connectivity index (χ1n) is 9.48. The van der Waals surface area contributed by atoms with Gasteiger partial charge in [0, 0.05) is 20.9 Å². The van der Waals surface area contributed by atoms with Crippen LogP contribution in [-0.2, 0) is 4.79 Å². The van der Waals surface area contributed by atoms with Gasteiger partial charge in [-0.1, -0.05) is 54.1 Å². The fraction of sp³-hybridized carbons (Fsp3) is 0.0417. The van der Waals surface area contributed by atoms with E-state index >= 15 is 0 Å². The van der Waals surface area contributed by atoms with Crippen LogP contribution in [0.25, 0.3) is 22.2 Å². The number of para-hydroxylation sites is 2. The lowest BCUT2D eigenvalue weighted by Gasteiger charge is -2.13. The molecule has 0 unspecified atom stereocenters. The number of pyridine rings is 1. The zero-order valence-corrected chi connectivity index (χ0v) is 17.9. The third kappa shape index (κ3) is 4.87. The second kappa shape index (κ2) is 9.20. The van der Waals surface area contributed by atoms with Crippen LogP contribution in [0.15, 0.2) is 83.8 Å². The number of aromatic nitrogens is 1. The lowest BCUT2D eigenvalue weighted by molar-refractivity contribution is -0.115. The third-order valence-corrected chi connectivity index (χ3v) is 5.95. The van der Waals surface area contributed by atoms with Gasteiger partial charge in [-0.2, -0.15) is 0 Å². The zero-order chi connectivity index (χ0) is 21.8. The fourth-order valence-electron chi connectivity index (χ4n) is 3.17. The Labute approximate surface area is 188 Å². The van der Waals surface area contributed by atoms with Gasteiger partial charge in [0.2, 0.25) is 5.91 Å². The molecule has 3 N–H and O–H groups in total. The lowest BCUT2D eigenvalue weighted by atomic mass is 10.0. The van der Waals surface area contributed by atoms with E-state index in [0.29, 0.717) is 22.0 Å². The van der Waals surface area contributed by atoms with Crippen molar-refractivity contribution in [2.24, 2.45) is 5.73 Å². The molecule has 154 valence electrons. The zero-order valence-electron chi connectivity index (χ0n) is 16.3. The Morgan fingerprint density at radius 2 is 1.68 bits per heavy atom. The van der Waals surface area contributed by atoms with Gasteiger partial charge in [0.25, 0.3) is 5.91 Å². The topological polar surface area (TPSA) is 85.1 Å². The molecule has 7 heteroatoms. The Bertz CT molecular complexity index is 1280. The number of nitrogens with two attached hydrogens (primary N) is 1. The van der Waals surface area contributed by atoms with Crippen molar-refractivity contribution in [3.63, 3.8) is 0 Å². The first-order chi connectivity index (χ1) is 15.0. The van der Waals surface area contributed by atoms with Gasteiger partial charge in [0.1, 0.15) is 0 Å². The molecule has 4 rings (SSSR count). The molecular formula is C24H18ClN3O2S. The van der Waals surface area contributed by atoms with Gasteiger partial charge in [-0.05, 0) is 36.4 Å². The maximum Gasteiger partial charge on any atom is 0.256 e. The van der Waals surface area contributed by atoms with Gasteiger partial charge >= 0.3 is 0 Å². The van der Waals surface area contributed by atoms with E-state index in [9.17, 15) is 9.59 Å². The van der Waals surface area contributed by atoms with Crippen molar-refractivity contribution < 1.29 is 9.59 Å². The van der Waals surface area contributed by atoms with Crippen molar-refractivity contribution in [3.05, 3.63) is 89.4 Å². The Morgan fingerprint density at radius 1 is 0.968 bits per heavy atom. The monoisotopic (exact) mass is 447 g/mol. The number of carbonyl (C=O) groups is 2. The van der Waals surface area contributed by atoms with Crippen molar-refractivity contribution in [1.82, 2.24) is 4.98 Å². The van der Waals surface area contributed by atoms with Crippen LogP contribution in [0, 0.1) is 0 Å². The second-order valence-corrected chi connectivity index (χ2v) is 8.24. The van der Waals surface area contributed by atoms with Gasteiger partial charge in [-0.25, -0.2) is 4.98 Å². The number of hydrogen-bond donors (Lipinski definition) is 2. The molecule has 3 aromatic carbocycles. The highest BCUT2D eigenvalue weighted by Crippen LogP contribution is 2.29. The highest BCUT2D eigenvalue weighted by molar-refractivity contribution is 8.00. The summed E-state index contributed by atoms with van der Waals surface area (Å²) in [6.45, 7) is 0. The fourth-order valence-corrected chi connectivity index (χ4v) is 4.04. The Morgan fingerprint density at radius 3 is 2.45 bits per heavy atom. The van der Waals surface area contributed by atoms with Crippen LogP contribution in [0.5, 0.6) is 0 Å². The molecule has 0 bridgehead atoms. The molecule has 0 aliphatic rings. The van der Waals surface area contributed by atoms with Gasteiger partial charge in [0.15, 0.2) is 0 Å². The molecule has 2 amide bonds. The number of hydrogen-bond acceptors (Lipinski definition) is 4. The molecule has 0 atom stereocenters. The molecule has 1 heterocycles. The Balaban J connectivity index is 1.73. The van der Waals surface area contributed by atoms with E-state index in [1.165, 1.54) is 11.8 Å². The second-order valence-electron chi connectivity index (χ2n) is 6.78. The minimum atomic E-state index is -0.418. The summed E-state index contributed by atoms with van der Waals surface area (Å²) < 4.78 is 0. The molecule has 0 spiro atoms. The summed E-state index contributed by atoms with van der Waals surface area (Å²) in [5, 5.41) is 4.35. The van der Waals surface area contributed by atoms with Crippen molar-refractivity contribution >= 4 is 51.8 Å². The normalized spacial score (nSPS) is 10.7. The molecule has 0 fully saturated rings. The molecule has 1 aromatic heterocycles. The number of thioether (sulfide) groups is 1. The predicted molar refractivity (Wildman–Crippen MR) is 127 cm³/mol. The van der Waals surface area contributed by atoms with Crippen LogP contribution in [-0.4, -0.2) is 22.6 Å².